The van der Waals surface area contributed by atoms with Gasteiger partial charge in [-0.2, -0.15) is 0 Å². The van der Waals surface area contributed by atoms with E-state index in [0.717, 1.165) is 5.56 Å². The molecule has 1 N–H and O–H groups in total. The van der Waals surface area contributed by atoms with Gasteiger partial charge in [-0.3, -0.25) is 0 Å². The second-order valence-corrected chi connectivity index (χ2v) is 5.93. The molecule has 1 aromatic heterocycles. The van der Waals surface area contributed by atoms with Gasteiger partial charge in [-0.15, -0.1) is 0 Å². The topological polar surface area (TPSA) is 72.2 Å². The summed E-state index contributed by atoms with van der Waals surface area (Å²) in [6, 6.07) is 6.79. The van der Waals surface area contributed by atoms with Crippen molar-refractivity contribution in [1.82, 2.24) is 5.16 Å². The highest BCUT2D eigenvalue weighted by molar-refractivity contribution is 7.91. The first-order valence-corrected chi connectivity index (χ1v) is 6.80. The molecule has 3 rings (SSSR count). The van der Waals surface area contributed by atoms with Crippen molar-refractivity contribution in [3.05, 3.63) is 42.3 Å². The van der Waals surface area contributed by atoms with Gasteiger partial charge in [0.05, 0.1) is 28.6 Å². The maximum absolute atomic E-state index is 11.9. The number of nitrogens with one attached hydrogen (secondary N) is 1. The molecule has 0 bridgehead atoms. The first kappa shape index (κ1) is 10.3. The van der Waals surface area contributed by atoms with E-state index in [-0.39, 0.29) is 11.8 Å². The van der Waals surface area contributed by atoms with E-state index < -0.39 is 9.84 Å². The average molecular weight is 250 g/mol. The molecule has 0 aliphatic carbocycles. The molecule has 0 amide bonds. The number of nitrogens with zero attached hydrogens (tertiary/aromatic N) is 1. The van der Waals surface area contributed by atoms with E-state index in [1.54, 1.807) is 12.1 Å². The summed E-state index contributed by atoms with van der Waals surface area (Å²) in [4.78, 5) is 0.411. The van der Waals surface area contributed by atoms with Crippen LogP contribution in [0.1, 0.15) is 11.6 Å². The van der Waals surface area contributed by atoms with Gasteiger partial charge in [0.25, 0.3) is 0 Å². The number of fused-ring (bicyclic) bond motifs is 1. The summed E-state index contributed by atoms with van der Waals surface area (Å²) in [5, 5.41) is 6.67. The van der Waals surface area contributed by atoms with Crippen LogP contribution < -0.4 is 5.32 Å². The van der Waals surface area contributed by atoms with Crippen LogP contribution in [0.25, 0.3) is 0 Å². The quantitative estimate of drug-likeness (QED) is 0.876. The van der Waals surface area contributed by atoms with Gasteiger partial charge in [0.15, 0.2) is 9.84 Å². The maximum atomic E-state index is 11.9. The third-order valence-corrected chi connectivity index (χ3v) is 4.60. The summed E-state index contributed by atoms with van der Waals surface area (Å²) in [6.07, 6.45) is 2.97. The highest BCUT2D eigenvalue weighted by atomic mass is 32.2. The van der Waals surface area contributed by atoms with Gasteiger partial charge in [0.2, 0.25) is 0 Å². The third kappa shape index (κ3) is 1.70. The van der Waals surface area contributed by atoms with Crippen molar-refractivity contribution in [3.8, 4) is 0 Å². The van der Waals surface area contributed by atoms with Crippen LogP contribution in [-0.4, -0.2) is 19.3 Å². The van der Waals surface area contributed by atoms with Gasteiger partial charge in [0, 0.05) is 0 Å². The van der Waals surface area contributed by atoms with E-state index in [4.69, 9.17) is 4.52 Å². The molecule has 17 heavy (non-hydrogen) atoms. The lowest BCUT2D eigenvalue weighted by atomic mass is 10.1. The van der Waals surface area contributed by atoms with E-state index in [0.29, 0.717) is 10.6 Å². The van der Waals surface area contributed by atoms with Crippen molar-refractivity contribution in [1.29, 1.82) is 0 Å². The van der Waals surface area contributed by atoms with Gasteiger partial charge in [-0.25, -0.2) is 8.42 Å². The van der Waals surface area contributed by atoms with Gasteiger partial charge >= 0.3 is 0 Å². The second-order valence-electron chi connectivity index (χ2n) is 3.93. The highest BCUT2D eigenvalue weighted by Crippen LogP contribution is 2.35. The van der Waals surface area contributed by atoms with Gasteiger partial charge < -0.3 is 9.84 Å². The Labute approximate surface area is 98.4 Å². The molecule has 0 spiro atoms. The van der Waals surface area contributed by atoms with Crippen LogP contribution in [0, 0.1) is 0 Å². The largest absolute Gasteiger partial charge is 0.373 e. The molecule has 6 heteroatoms. The van der Waals surface area contributed by atoms with Crippen LogP contribution in [0.3, 0.4) is 0 Å². The number of hydrogen-bond acceptors (Lipinski definition) is 5. The molecule has 0 fully saturated rings. The number of rotatable bonds is 2. The summed E-state index contributed by atoms with van der Waals surface area (Å²) in [5.74, 6) is 0.0670. The van der Waals surface area contributed by atoms with Crippen molar-refractivity contribution in [3.63, 3.8) is 0 Å². The normalized spacial score (nSPS) is 21.1. The van der Waals surface area contributed by atoms with Crippen LogP contribution >= 0.6 is 0 Å². The fraction of sp³-hybridized carbons (Fsp3) is 0.182. The van der Waals surface area contributed by atoms with Crippen LogP contribution in [-0.2, 0) is 9.84 Å². The molecule has 5 nitrogen and oxygen atoms in total. The molecule has 1 aliphatic heterocycles. The summed E-state index contributed by atoms with van der Waals surface area (Å²) >= 11 is 0. The van der Waals surface area contributed by atoms with E-state index in [1.807, 2.05) is 12.1 Å². The minimum Gasteiger partial charge on any atom is -0.373 e. The fourth-order valence-electron chi connectivity index (χ4n) is 2.05. The summed E-state index contributed by atoms with van der Waals surface area (Å²) < 4.78 is 28.5. The fourth-order valence-corrected chi connectivity index (χ4v) is 3.78. The van der Waals surface area contributed by atoms with Crippen molar-refractivity contribution in [2.45, 2.75) is 10.9 Å². The zero-order chi connectivity index (χ0) is 11.9. The third-order valence-electron chi connectivity index (χ3n) is 2.79. The number of sulfone groups is 1. The summed E-state index contributed by atoms with van der Waals surface area (Å²) in [5.41, 5.74) is 1.48. The van der Waals surface area contributed by atoms with Crippen LogP contribution in [0.5, 0.6) is 0 Å². The Hall–Kier alpha value is -1.82. The van der Waals surface area contributed by atoms with Crippen LogP contribution in [0.2, 0.25) is 0 Å². The molecule has 88 valence electrons. The molecular weight excluding hydrogens is 240 g/mol. The van der Waals surface area contributed by atoms with Crippen molar-refractivity contribution >= 4 is 15.5 Å². The standard InChI is InChI=1S/C11H10N2O3S/c14-17(15)7-10(13-8-5-12-16-6-8)9-3-1-2-4-11(9)17/h1-6,10,13H,7H2. The Morgan fingerprint density at radius 3 is 2.94 bits per heavy atom. The highest BCUT2D eigenvalue weighted by Gasteiger charge is 2.34. The Bertz CT molecular complexity index is 634. The van der Waals surface area contributed by atoms with Gasteiger partial charge in [-0.05, 0) is 11.6 Å². The molecule has 1 atom stereocenters. The molecule has 2 aromatic rings. The predicted octanol–water partition coefficient (Wildman–Crippen LogP) is 1.62. The molecule has 0 saturated carbocycles. The predicted molar refractivity (Wildman–Crippen MR) is 61.4 cm³/mol. The lowest BCUT2D eigenvalue weighted by Crippen LogP contribution is -2.12. The number of benzene rings is 1. The van der Waals surface area contributed by atoms with Crippen LogP contribution in [0.15, 0.2) is 46.1 Å². The molecule has 0 saturated heterocycles. The molecule has 1 aliphatic rings. The van der Waals surface area contributed by atoms with E-state index in [1.165, 1.54) is 12.5 Å². The zero-order valence-corrected chi connectivity index (χ0v) is 9.65. The first-order chi connectivity index (χ1) is 8.17. The Balaban J connectivity index is 2.00. The molecular formula is C11H10N2O3S. The first-order valence-electron chi connectivity index (χ1n) is 5.14. The molecule has 2 heterocycles. The lowest BCUT2D eigenvalue weighted by Gasteiger charge is -2.11. The van der Waals surface area contributed by atoms with Gasteiger partial charge in [-0.1, -0.05) is 23.4 Å². The molecule has 0 radical (unpaired) electrons. The second kappa shape index (κ2) is 3.59. The Kier molecular flexibility index (Phi) is 2.19. The van der Waals surface area contributed by atoms with E-state index >= 15 is 0 Å². The van der Waals surface area contributed by atoms with Crippen LogP contribution in [0.4, 0.5) is 5.69 Å². The average Bonchev–Trinajstić information content (AvgIpc) is 2.88. The van der Waals surface area contributed by atoms with E-state index in [9.17, 15) is 8.42 Å². The minimum atomic E-state index is -3.17. The smallest absolute Gasteiger partial charge is 0.181 e. The van der Waals surface area contributed by atoms with E-state index in [2.05, 4.69) is 10.5 Å². The maximum Gasteiger partial charge on any atom is 0.181 e. The number of aromatic nitrogens is 1. The van der Waals surface area contributed by atoms with Crippen molar-refractivity contribution in [2.75, 3.05) is 11.1 Å². The Morgan fingerprint density at radius 2 is 2.18 bits per heavy atom. The molecule has 1 aromatic carbocycles. The monoisotopic (exact) mass is 250 g/mol. The van der Waals surface area contributed by atoms with Crippen molar-refractivity contribution in [2.24, 2.45) is 0 Å². The summed E-state index contributed by atoms with van der Waals surface area (Å²) in [6.45, 7) is 0. The van der Waals surface area contributed by atoms with Crippen molar-refractivity contribution < 1.29 is 12.9 Å². The Morgan fingerprint density at radius 1 is 1.35 bits per heavy atom. The molecule has 1 unspecified atom stereocenters. The lowest BCUT2D eigenvalue weighted by molar-refractivity contribution is 0.420. The number of anilines is 1. The van der Waals surface area contributed by atoms with Gasteiger partial charge in [0.1, 0.15) is 6.26 Å². The minimum absolute atomic E-state index is 0.0670. The number of hydrogen-bond donors (Lipinski definition) is 1. The SMILES string of the molecule is O=S1(=O)CC(Nc2cnoc2)c2ccccc21. The zero-order valence-electron chi connectivity index (χ0n) is 8.83. The summed E-state index contributed by atoms with van der Waals surface area (Å²) in [7, 11) is -3.17.